The van der Waals surface area contributed by atoms with Crippen LogP contribution < -0.4 is 4.74 Å². The summed E-state index contributed by atoms with van der Waals surface area (Å²) < 4.78 is 10.5. The minimum Gasteiger partial charge on any atom is -0.490 e. The first-order valence-corrected chi connectivity index (χ1v) is 13.1. The summed E-state index contributed by atoms with van der Waals surface area (Å²) in [4.78, 5) is 7.35. The molecule has 4 rings (SSSR count). The molecule has 0 aliphatic heterocycles. The lowest BCUT2D eigenvalue weighted by Crippen LogP contribution is -2.37. The van der Waals surface area contributed by atoms with E-state index >= 15 is 0 Å². The number of hydrogen-bond donors (Lipinski definition) is 0. The van der Waals surface area contributed by atoms with Gasteiger partial charge in [0.25, 0.3) is 0 Å². The Kier molecular flexibility index (Phi) is 7.69. The molecule has 3 aromatic rings. The van der Waals surface area contributed by atoms with Crippen molar-refractivity contribution in [3.8, 4) is 33.8 Å². The second kappa shape index (κ2) is 10.7. The summed E-state index contributed by atoms with van der Waals surface area (Å²) in [6, 6.07) is 14.5. The molecular formula is C29H34N4OS. The Labute approximate surface area is 213 Å². The van der Waals surface area contributed by atoms with E-state index in [1.54, 1.807) is 0 Å². The third kappa shape index (κ3) is 5.17. The Morgan fingerprint density at radius 2 is 2.14 bits per heavy atom. The van der Waals surface area contributed by atoms with E-state index in [1.165, 1.54) is 22.7 Å². The van der Waals surface area contributed by atoms with Crippen molar-refractivity contribution >= 4 is 11.5 Å². The predicted molar refractivity (Wildman–Crippen MR) is 144 cm³/mol. The number of ether oxygens (including phenoxy) is 1. The Hall–Kier alpha value is -3.01. The zero-order chi connectivity index (χ0) is 25.0. The summed E-state index contributed by atoms with van der Waals surface area (Å²) >= 11 is 1.37. The molecule has 182 valence electrons. The molecule has 0 fully saturated rings. The predicted octanol–water partition coefficient (Wildman–Crippen LogP) is 6.63. The van der Waals surface area contributed by atoms with Crippen molar-refractivity contribution in [1.82, 2.24) is 14.3 Å². The summed E-state index contributed by atoms with van der Waals surface area (Å²) in [5, 5.41) is 10.4. The summed E-state index contributed by atoms with van der Waals surface area (Å²) in [7, 11) is 2.22. The number of allylic oxidation sites excluding steroid dienone is 1. The molecule has 1 aromatic heterocycles. The molecule has 0 radical (unpaired) electrons. The average molecular weight is 487 g/mol. The van der Waals surface area contributed by atoms with Gasteiger partial charge in [0.2, 0.25) is 0 Å². The fourth-order valence-corrected chi connectivity index (χ4v) is 5.99. The Bertz CT molecular complexity index is 1240. The van der Waals surface area contributed by atoms with Crippen molar-refractivity contribution in [1.29, 1.82) is 5.26 Å². The van der Waals surface area contributed by atoms with Gasteiger partial charge in [0.05, 0.1) is 11.7 Å². The van der Waals surface area contributed by atoms with Crippen LogP contribution in [0.25, 0.3) is 22.0 Å². The lowest BCUT2D eigenvalue weighted by Gasteiger charge is -2.34. The zero-order valence-corrected chi connectivity index (χ0v) is 22.0. The van der Waals surface area contributed by atoms with Crippen LogP contribution in [0.3, 0.4) is 0 Å². The molecule has 1 aliphatic rings. The minimum absolute atomic E-state index is 0.0104. The molecule has 1 atom stereocenters. The van der Waals surface area contributed by atoms with Gasteiger partial charge in [-0.25, -0.2) is 4.98 Å². The number of aromatic nitrogens is 2. The highest BCUT2D eigenvalue weighted by Gasteiger charge is 2.39. The maximum atomic E-state index is 9.61. The van der Waals surface area contributed by atoms with Gasteiger partial charge < -0.3 is 9.64 Å². The van der Waals surface area contributed by atoms with E-state index in [0.717, 1.165) is 60.7 Å². The standard InChI is InChI=1S/C29H34N4OS/c1-6-14-29(19-33(5)16-7-2)15-13-23-24(9-8-10-25(23)29)27-31-28(35-32-27)21-11-12-26(34-20(3)4)22(17-21)18-30/h6,8-12,17,20H,1,7,13-16,19H2,2-5H3. The van der Waals surface area contributed by atoms with Crippen LogP contribution in [0.15, 0.2) is 49.1 Å². The van der Waals surface area contributed by atoms with Gasteiger partial charge in [0, 0.05) is 23.1 Å². The lowest BCUT2D eigenvalue weighted by atomic mass is 9.78. The topological polar surface area (TPSA) is 62.0 Å². The van der Waals surface area contributed by atoms with E-state index in [4.69, 9.17) is 14.1 Å². The molecule has 0 spiro atoms. The summed E-state index contributed by atoms with van der Waals surface area (Å²) in [5.41, 5.74) is 5.38. The maximum Gasteiger partial charge on any atom is 0.173 e. The van der Waals surface area contributed by atoms with Crippen LogP contribution in [0.2, 0.25) is 0 Å². The molecule has 1 heterocycles. The SMILES string of the molecule is C=CCC1(CN(C)CCC)CCc2c(-c3nsc(-c4ccc(OC(C)C)c(C#N)c4)n3)cccc21. The van der Waals surface area contributed by atoms with Gasteiger partial charge in [0.15, 0.2) is 5.82 Å². The molecule has 0 amide bonds. The molecule has 0 saturated heterocycles. The van der Waals surface area contributed by atoms with Crippen LogP contribution in [-0.2, 0) is 11.8 Å². The Balaban J connectivity index is 1.68. The lowest BCUT2D eigenvalue weighted by molar-refractivity contribution is 0.241. The second-order valence-electron chi connectivity index (χ2n) is 9.76. The van der Waals surface area contributed by atoms with Crippen molar-refractivity contribution in [2.75, 3.05) is 20.1 Å². The fraction of sp³-hybridized carbons (Fsp3) is 0.414. The van der Waals surface area contributed by atoms with Crippen LogP contribution in [0.4, 0.5) is 0 Å². The molecule has 35 heavy (non-hydrogen) atoms. The van der Waals surface area contributed by atoms with Crippen LogP contribution in [0, 0.1) is 11.3 Å². The van der Waals surface area contributed by atoms with Gasteiger partial charge >= 0.3 is 0 Å². The summed E-state index contributed by atoms with van der Waals surface area (Å²) in [5.74, 6) is 1.36. The van der Waals surface area contributed by atoms with Crippen LogP contribution >= 0.6 is 11.5 Å². The number of fused-ring (bicyclic) bond motifs is 1. The molecule has 0 bridgehead atoms. The highest BCUT2D eigenvalue weighted by Crippen LogP contribution is 2.46. The first kappa shape index (κ1) is 25.1. The van der Waals surface area contributed by atoms with Gasteiger partial charge in [-0.3, -0.25) is 0 Å². The van der Waals surface area contributed by atoms with E-state index in [0.29, 0.717) is 11.3 Å². The third-order valence-corrected chi connectivity index (χ3v) is 7.45. The molecule has 5 nitrogen and oxygen atoms in total. The van der Waals surface area contributed by atoms with E-state index < -0.39 is 0 Å². The van der Waals surface area contributed by atoms with E-state index in [1.807, 2.05) is 32.0 Å². The van der Waals surface area contributed by atoms with Gasteiger partial charge in [-0.05, 0) is 94.0 Å². The van der Waals surface area contributed by atoms with Gasteiger partial charge in [-0.2, -0.15) is 9.64 Å². The smallest absolute Gasteiger partial charge is 0.173 e. The Morgan fingerprint density at radius 3 is 2.86 bits per heavy atom. The third-order valence-electron chi connectivity index (χ3n) is 6.69. The number of benzene rings is 2. The molecule has 2 aromatic carbocycles. The number of hydrogen-bond acceptors (Lipinski definition) is 6. The molecule has 1 unspecified atom stereocenters. The minimum atomic E-state index is 0.0104. The van der Waals surface area contributed by atoms with Crippen LogP contribution in [-0.4, -0.2) is 40.5 Å². The van der Waals surface area contributed by atoms with Crippen LogP contribution in [0.1, 0.15) is 56.7 Å². The van der Waals surface area contributed by atoms with Crippen molar-refractivity contribution in [3.05, 3.63) is 65.7 Å². The summed E-state index contributed by atoms with van der Waals surface area (Å²) in [6.45, 7) is 12.3. The Morgan fingerprint density at radius 1 is 1.31 bits per heavy atom. The number of rotatable bonds is 10. The number of nitriles is 1. The highest BCUT2D eigenvalue weighted by molar-refractivity contribution is 7.09. The van der Waals surface area contributed by atoms with E-state index in [-0.39, 0.29) is 11.5 Å². The summed E-state index contributed by atoms with van der Waals surface area (Å²) in [6.07, 6.45) is 6.33. The zero-order valence-electron chi connectivity index (χ0n) is 21.2. The van der Waals surface area contributed by atoms with Crippen molar-refractivity contribution < 1.29 is 4.74 Å². The van der Waals surface area contributed by atoms with Crippen molar-refractivity contribution in [2.45, 2.75) is 58.0 Å². The maximum absolute atomic E-state index is 9.61. The van der Waals surface area contributed by atoms with Crippen LogP contribution in [0.5, 0.6) is 5.75 Å². The van der Waals surface area contributed by atoms with Crippen molar-refractivity contribution in [2.24, 2.45) is 0 Å². The molecule has 6 heteroatoms. The number of nitrogens with zero attached hydrogens (tertiary/aromatic N) is 4. The first-order chi connectivity index (χ1) is 16.9. The molecule has 0 saturated carbocycles. The average Bonchev–Trinajstić information content (AvgIpc) is 3.45. The quantitative estimate of drug-likeness (QED) is 0.301. The van der Waals surface area contributed by atoms with Gasteiger partial charge in [0.1, 0.15) is 16.8 Å². The van der Waals surface area contributed by atoms with E-state index in [9.17, 15) is 5.26 Å². The monoisotopic (exact) mass is 486 g/mol. The van der Waals surface area contributed by atoms with E-state index in [2.05, 4.69) is 55.8 Å². The number of likely N-dealkylation sites (N-methyl/N-ethyl adjacent to an activating group) is 1. The first-order valence-electron chi connectivity index (χ1n) is 12.4. The largest absolute Gasteiger partial charge is 0.490 e. The second-order valence-corrected chi connectivity index (χ2v) is 10.5. The fourth-order valence-electron chi connectivity index (χ4n) is 5.31. The highest BCUT2D eigenvalue weighted by atomic mass is 32.1. The molecular weight excluding hydrogens is 452 g/mol. The van der Waals surface area contributed by atoms with Crippen molar-refractivity contribution in [3.63, 3.8) is 0 Å². The van der Waals surface area contributed by atoms with Gasteiger partial charge in [-0.1, -0.05) is 31.2 Å². The molecule has 1 aliphatic carbocycles. The van der Waals surface area contributed by atoms with Gasteiger partial charge in [-0.15, -0.1) is 6.58 Å². The molecule has 0 N–H and O–H groups in total. The normalized spacial score (nSPS) is 16.9.